The van der Waals surface area contributed by atoms with Crippen molar-refractivity contribution in [2.75, 3.05) is 17.7 Å². The number of hydrogen-bond acceptors (Lipinski definition) is 5. The van der Waals surface area contributed by atoms with Crippen LogP contribution in [0, 0.1) is 6.92 Å². The van der Waals surface area contributed by atoms with Gasteiger partial charge in [0.25, 0.3) is 0 Å². The van der Waals surface area contributed by atoms with Gasteiger partial charge in [-0.15, -0.1) is 0 Å². The Balaban J connectivity index is 1.75. The summed E-state index contributed by atoms with van der Waals surface area (Å²) in [7, 11) is 1.67. The number of rotatable bonds is 6. The monoisotopic (exact) mass is 398 g/mol. The van der Waals surface area contributed by atoms with Gasteiger partial charge in [0.15, 0.2) is 0 Å². The number of ether oxygens (including phenoxy) is 1. The molecule has 2 N–H and O–H groups in total. The highest BCUT2D eigenvalue weighted by molar-refractivity contribution is 9.10. The predicted octanol–water partition coefficient (Wildman–Crippen LogP) is 4.91. The van der Waals surface area contributed by atoms with E-state index in [9.17, 15) is 0 Å². The molecule has 0 unspecified atom stereocenters. The van der Waals surface area contributed by atoms with Crippen molar-refractivity contribution in [2.24, 2.45) is 0 Å². The van der Waals surface area contributed by atoms with E-state index < -0.39 is 0 Å². The van der Waals surface area contributed by atoms with Gasteiger partial charge in [-0.05, 0) is 31.2 Å². The Morgan fingerprint density at radius 1 is 1.04 bits per heavy atom. The summed E-state index contributed by atoms with van der Waals surface area (Å²) in [5, 5.41) is 6.56. The van der Waals surface area contributed by atoms with Gasteiger partial charge >= 0.3 is 0 Å². The summed E-state index contributed by atoms with van der Waals surface area (Å²) in [5.74, 6) is 2.17. The van der Waals surface area contributed by atoms with Gasteiger partial charge in [-0.1, -0.05) is 40.2 Å². The van der Waals surface area contributed by atoms with Crippen LogP contribution in [0.25, 0.3) is 0 Å². The SMILES string of the molecule is COc1ccccc1CNc1cc(C)nc(Nc2cccc(Br)c2)n1. The lowest BCUT2D eigenvalue weighted by atomic mass is 10.2. The zero-order valence-corrected chi connectivity index (χ0v) is 15.7. The maximum absolute atomic E-state index is 5.38. The van der Waals surface area contributed by atoms with E-state index >= 15 is 0 Å². The van der Waals surface area contributed by atoms with Crippen molar-refractivity contribution >= 4 is 33.4 Å². The van der Waals surface area contributed by atoms with Crippen LogP contribution < -0.4 is 15.4 Å². The fourth-order valence-electron chi connectivity index (χ4n) is 2.45. The quantitative estimate of drug-likeness (QED) is 0.617. The standard InChI is InChI=1S/C19H19BrN4O/c1-13-10-18(21-12-14-6-3-4-9-17(14)25-2)24-19(22-13)23-16-8-5-7-15(20)11-16/h3-11H,12H2,1-2H3,(H2,21,22,23,24). The van der Waals surface area contributed by atoms with Crippen LogP contribution in [0.1, 0.15) is 11.3 Å². The van der Waals surface area contributed by atoms with E-state index in [1.807, 2.05) is 61.5 Å². The second-order valence-electron chi connectivity index (χ2n) is 5.52. The van der Waals surface area contributed by atoms with E-state index in [1.165, 1.54) is 0 Å². The van der Waals surface area contributed by atoms with Crippen molar-refractivity contribution in [3.8, 4) is 5.75 Å². The number of nitrogens with one attached hydrogen (secondary N) is 2. The zero-order chi connectivity index (χ0) is 17.6. The van der Waals surface area contributed by atoms with E-state index in [2.05, 4.69) is 36.5 Å². The number of nitrogens with zero attached hydrogens (tertiary/aromatic N) is 2. The van der Waals surface area contributed by atoms with Crippen molar-refractivity contribution in [3.05, 3.63) is 70.3 Å². The molecule has 2 aromatic carbocycles. The molecule has 0 saturated carbocycles. The molecule has 6 heteroatoms. The summed E-state index contributed by atoms with van der Waals surface area (Å²) in [6, 6.07) is 17.7. The second-order valence-corrected chi connectivity index (χ2v) is 6.43. The van der Waals surface area contributed by atoms with Crippen molar-refractivity contribution in [1.29, 1.82) is 0 Å². The molecule has 1 heterocycles. The van der Waals surface area contributed by atoms with E-state index in [0.29, 0.717) is 12.5 Å². The molecule has 0 bridgehead atoms. The Kier molecular flexibility index (Phi) is 5.50. The Bertz CT molecular complexity index is 870. The number of halogens is 1. The average Bonchev–Trinajstić information content (AvgIpc) is 2.60. The van der Waals surface area contributed by atoms with Gasteiger partial charge in [0, 0.05) is 34.0 Å². The Morgan fingerprint density at radius 2 is 1.88 bits per heavy atom. The third-order valence-corrected chi connectivity index (χ3v) is 4.08. The molecule has 0 saturated heterocycles. The average molecular weight is 399 g/mol. The van der Waals surface area contributed by atoms with Crippen LogP contribution in [0.5, 0.6) is 5.75 Å². The predicted molar refractivity (Wildman–Crippen MR) is 105 cm³/mol. The number of para-hydroxylation sites is 1. The first kappa shape index (κ1) is 17.2. The largest absolute Gasteiger partial charge is 0.496 e. The zero-order valence-electron chi connectivity index (χ0n) is 14.1. The lowest BCUT2D eigenvalue weighted by Gasteiger charge is -2.12. The Hall–Kier alpha value is -2.60. The van der Waals surface area contributed by atoms with Crippen molar-refractivity contribution in [3.63, 3.8) is 0 Å². The molecule has 0 amide bonds. The van der Waals surface area contributed by atoms with Crippen LogP contribution in [-0.4, -0.2) is 17.1 Å². The molecule has 5 nitrogen and oxygen atoms in total. The summed E-state index contributed by atoms with van der Waals surface area (Å²) in [6.45, 7) is 2.57. The first-order valence-corrected chi connectivity index (χ1v) is 8.67. The Labute approximate surface area is 155 Å². The van der Waals surface area contributed by atoms with Gasteiger partial charge in [-0.25, -0.2) is 4.98 Å². The number of hydrogen-bond donors (Lipinski definition) is 2. The first-order chi connectivity index (χ1) is 12.1. The number of methoxy groups -OCH3 is 1. The minimum Gasteiger partial charge on any atom is -0.496 e. The number of aryl methyl sites for hydroxylation is 1. The molecule has 0 atom stereocenters. The topological polar surface area (TPSA) is 59.1 Å². The van der Waals surface area contributed by atoms with Crippen LogP contribution in [0.15, 0.2) is 59.1 Å². The van der Waals surface area contributed by atoms with Crippen LogP contribution >= 0.6 is 15.9 Å². The molecule has 3 aromatic rings. The van der Waals surface area contributed by atoms with E-state index in [0.717, 1.165) is 33.0 Å². The summed E-state index contributed by atoms with van der Waals surface area (Å²) >= 11 is 3.46. The molecule has 0 radical (unpaired) electrons. The van der Waals surface area contributed by atoms with E-state index in [1.54, 1.807) is 7.11 Å². The lowest BCUT2D eigenvalue weighted by molar-refractivity contribution is 0.410. The van der Waals surface area contributed by atoms with Crippen LogP contribution in [0.3, 0.4) is 0 Å². The Morgan fingerprint density at radius 3 is 2.68 bits per heavy atom. The van der Waals surface area contributed by atoms with Crippen molar-refractivity contribution in [2.45, 2.75) is 13.5 Å². The third-order valence-electron chi connectivity index (χ3n) is 3.59. The fraction of sp³-hybridized carbons (Fsp3) is 0.158. The fourth-order valence-corrected chi connectivity index (χ4v) is 2.84. The molecule has 128 valence electrons. The number of benzene rings is 2. The van der Waals surface area contributed by atoms with Gasteiger partial charge < -0.3 is 15.4 Å². The van der Waals surface area contributed by atoms with Crippen molar-refractivity contribution < 1.29 is 4.74 Å². The molecule has 0 aliphatic rings. The van der Waals surface area contributed by atoms with Crippen LogP contribution in [-0.2, 0) is 6.54 Å². The van der Waals surface area contributed by atoms with Gasteiger partial charge in [0.1, 0.15) is 11.6 Å². The highest BCUT2D eigenvalue weighted by Gasteiger charge is 2.05. The van der Waals surface area contributed by atoms with Gasteiger partial charge in [-0.3, -0.25) is 0 Å². The summed E-state index contributed by atoms with van der Waals surface area (Å²) in [5.41, 5.74) is 2.88. The summed E-state index contributed by atoms with van der Waals surface area (Å²) in [6.07, 6.45) is 0. The van der Waals surface area contributed by atoms with Crippen LogP contribution in [0.4, 0.5) is 17.5 Å². The first-order valence-electron chi connectivity index (χ1n) is 7.88. The number of aromatic nitrogens is 2. The minimum absolute atomic E-state index is 0.556. The van der Waals surface area contributed by atoms with Gasteiger partial charge in [-0.2, -0.15) is 4.98 Å². The van der Waals surface area contributed by atoms with Gasteiger partial charge in [0.2, 0.25) is 5.95 Å². The lowest BCUT2D eigenvalue weighted by Crippen LogP contribution is -2.06. The molecule has 0 spiro atoms. The van der Waals surface area contributed by atoms with Crippen LogP contribution in [0.2, 0.25) is 0 Å². The molecule has 25 heavy (non-hydrogen) atoms. The maximum atomic E-state index is 5.38. The van der Waals surface area contributed by atoms with Gasteiger partial charge in [0.05, 0.1) is 7.11 Å². The number of anilines is 3. The summed E-state index contributed by atoms with van der Waals surface area (Å²) in [4.78, 5) is 8.98. The smallest absolute Gasteiger partial charge is 0.229 e. The molecule has 1 aromatic heterocycles. The molecule has 0 aliphatic carbocycles. The molecular formula is C19H19BrN4O. The maximum Gasteiger partial charge on any atom is 0.229 e. The molecule has 0 fully saturated rings. The molecule has 0 aliphatic heterocycles. The van der Waals surface area contributed by atoms with E-state index in [-0.39, 0.29) is 0 Å². The van der Waals surface area contributed by atoms with E-state index in [4.69, 9.17) is 4.74 Å². The molecule has 3 rings (SSSR count). The molecular weight excluding hydrogens is 380 g/mol. The minimum atomic E-state index is 0.556. The third kappa shape index (κ3) is 4.70. The second kappa shape index (κ2) is 7.98. The van der Waals surface area contributed by atoms with Crippen molar-refractivity contribution in [1.82, 2.24) is 9.97 Å². The normalized spacial score (nSPS) is 10.4. The highest BCUT2D eigenvalue weighted by atomic mass is 79.9. The highest BCUT2D eigenvalue weighted by Crippen LogP contribution is 2.21. The summed E-state index contributed by atoms with van der Waals surface area (Å²) < 4.78 is 6.38.